The highest BCUT2D eigenvalue weighted by Crippen LogP contribution is 2.22. The van der Waals surface area contributed by atoms with Crippen LogP contribution >= 0.6 is 0 Å². The molecule has 5 nitrogen and oxygen atoms in total. The molecule has 132 valence electrons. The molecule has 0 spiro atoms. The van der Waals surface area contributed by atoms with Crippen molar-refractivity contribution in [3.63, 3.8) is 0 Å². The first-order valence-corrected chi connectivity index (χ1v) is 8.35. The Morgan fingerprint density at radius 1 is 0.846 bits per heavy atom. The molecule has 0 aliphatic heterocycles. The van der Waals surface area contributed by atoms with Crippen molar-refractivity contribution >= 4 is 34.0 Å². The highest BCUT2D eigenvalue weighted by atomic mass is 16.5. The lowest BCUT2D eigenvalue weighted by Gasteiger charge is -2.15. The molecule has 0 aliphatic carbocycles. The zero-order valence-corrected chi connectivity index (χ0v) is 14.7. The lowest BCUT2D eigenvalue weighted by molar-refractivity contribution is -0.122. The SMILES string of the molecule is CC(=O)Nc1cccc(NC(=O)[C@H](C)Oc2ccc3ccccc3c2)c1. The summed E-state index contributed by atoms with van der Waals surface area (Å²) in [6.45, 7) is 3.13. The van der Waals surface area contributed by atoms with Crippen molar-refractivity contribution in [1.82, 2.24) is 0 Å². The summed E-state index contributed by atoms with van der Waals surface area (Å²) in [4.78, 5) is 23.5. The van der Waals surface area contributed by atoms with Gasteiger partial charge >= 0.3 is 0 Å². The fourth-order valence-electron chi connectivity index (χ4n) is 2.62. The molecule has 0 saturated carbocycles. The van der Waals surface area contributed by atoms with E-state index in [1.807, 2.05) is 42.5 Å². The molecule has 2 N–H and O–H groups in total. The van der Waals surface area contributed by atoms with E-state index in [2.05, 4.69) is 10.6 Å². The van der Waals surface area contributed by atoms with E-state index in [0.29, 0.717) is 17.1 Å². The van der Waals surface area contributed by atoms with Crippen LogP contribution in [0.5, 0.6) is 5.75 Å². The van der Waals surface area contributed by atoms with Crippen molar-refractivity contribution < 1.29 is 14.3 Å². The molecular formula is C21H20N2O3. The third kappa shape index (κ3) is 4.39. The van der Waals surface area contributed by atoms with E-state index in [1.54, 1.807) is 31.2 Å². The van der Waals surface area contributed by atoms with Crippen molar-refractivity contribution in [1.29, 1.82) is 0 Å². The molecule has 0 unspecified atom stereocenters. The molecule has 2 amide bonds. The Balaban J connectivity index is 1.66. The maximum absolute atomic E-state index is 12.4. The summed E-state index contributed by atoms with van der Waals surface area (Å²) in [5.74, 6) is 0.206. The van der Waals surface area contributed by atoms with Crippen molar-refractivity contribution in [2.75, 3.05) is 10.6 Å². The van der Waals surface area contributed by atoms with Gasteiger partial charge in [0.2, 0.25) is 5.91 Å². The molecule has 3 aromatic rings. The Labute approximate surface area is 152 Å². The van der Waals surface area contributed by atoms with Crippen molar-refractivity contribution in [2.24, 2.45) is 0 Å². The van der Waals surface area contributed by atoms with Gasteiger partial charge in [-0.1, -0.05) is 36.4 Å². The van der Waals surface area contributed by atoms with Gasteiger partial charge in [-0.15, -0.1) is 0 Å². The van der Waals surface area contributed by atoms with Gasteiger partial charge in [-0.25, -0.2) is 0 Å². The first-order chi connectivity index (χ1) is 12.5. The van der Waals surface area contributed by atoms with Gasteiger partial charge < -0.3 is 15.4 Å². The lowest BCUT2D eigenvalue weighted by atomic mass is 10.1. The van der Waals surface area contributed by atoms with Crippen LogP contribution in [0.1, 0.15) is 13.8 Å². The van der Waals surface area contributed by atoms with Gasteiger partial charge in [0.05, 0.1) is 0 Å². The number of anilines is 2. The molecule has 0 heterocycles. The van der Waals surface area contributed by atoms with Crippen LogP contribution in [-0.4, -0.2) is 17.9 Å². The molecule has 0 bridgehead atoms. The third-order valence-corrected chi connectivity index (χ3v) is 3.85. The van der Waals surface area contributed by atoms with Crippen LogP contribution in [0, 0.1) is 0 Å². The number of carbonyl (C=O) groups is 2. The Morgan fingerprint density at radius 2 is 1.54 bits per heavy atom. The number of ether oxygens (including phenoxy) is 1. The maximum Gasteiger partial charge on any atom is 0.265 e. The van der Waals surface area contributed by atoms with E-state index in [-0.39, 0.29) is 11.8 Å². The number of hydrogen-bond acceptors (Lipinski definition) is 3. The van der Waals surface area contributed by atoms with Crippen LogP contribution in [0.4, 0.5) is 11.4 Å². The maximum atomic E-state index is 12.4. The highest BCUT2D eigenvalue weighted by molar-refractivity contribution is 5.95. The number of nitrogens with one attached hydrogen (secondary N) is 2. The Kier molecular flexibility index (Phi) is 5.17. The Hall–Kier alpha value is -3.34. The molecule has 3 aromatic carbocycles. The first-order valence-electron chi connectivity index (χ1n) is 8.35. The number of rotatable bonds is 5. The van der Waals surface area contributed by atoms with Gasteiger partial charge in [-0.3, -0.25) is 9.59 Å². The van der Waals surface area contributed by atoms with E-state index in [4.69, 9.17) is 4.74 Å². The molecule has 26 heavy (non-hydrogen) atoms. The number of carbonyl (C=O) groups excluding carboxylic acids is 2. The summed E-state index contributed by atoms with van der Waals surface area (Å²) < 4.78 is 5.77. The van der Waals surface area contributed by atoms with Crippen LogP contribution in [0.15, 0.2) is 66.7 Å². The number of hydrogen-bond donors (Lipinski definition) is 2. The molecule has 0 aromatic heterocycles. The summed E-state index contributed by atoms with van der Waals surface area (Å²) in [5, 5.41) is 7.65. The minimum absolute atomic E-state index is 0.165. The minimum atomic E-state index is -0.666. The molecule has 0 saturated heterocycles. The van der Waals surface area contributed by atoms with Crippen LogP contribution < -0.4 is 15.4 Å². The van der Waals surface area contributed by atoms with Crippen molar-refractivity contribution in [2.45, 2.75) is 20.0 Å². The Morgan fingerprint density at radius 3 is 2.27 bits per heavy atom. The Bertz CT molecular complexity index is 953. The number of benzene rings is 3. The molecule has 1 atom stereocenters. The summed E-state index contributed by atoms with van der Waals surface area (Å²) in [7, 11) is 0. The monoisotopic (exact) mass is 348 g/mol. The average molecular weight is 348 g/mol. The van der Waals surface area contributed by atoms with Gasteiger partial charge in [-0.05, 0) is 48.0 Å². The van der Waals surface area contributed by atoms with Crippen LogP contribution in [-0.2, 0) is 9.59 Å². The lowest BCUT2D eigenvalue weighted by Crippen LogP contribution is -2.30. The van der Waals surface area contributed by atoms with Crippen molar-refractivity contribution in [3.05, 3.63) is 66.7 Å². The van der Waals surface area contributed by atoms with Gasteiger partial charge in [0, 0.05) is 18.3 Å². The molecule has 0 fully saturated rings. The van der Waals surface area contributed by atoms with Gasteiger partial charge in [0.1, 0.15) is 5.75 Å². The van der Waals surface area contributed by atoms with Crippen LogP contribution in [0.3, 0.4) is 0 Å². The second-order valence-electron chi connectivity index (χ2n) is 6.02. The third-order valence-electron chi connectivity index (χ3n) is 3.85. The smallest absolute Gasteiger partial charge is 0.265 e. The molecule has 5 heteroatoms. The van der Waals surface area contributed by atoms with E-state index < -0.39 is 6.10 Å². The van der Waals surface area contributed by atoms with E-state index in [1.165, 1.54) is 6.92 Å². The van der Waals surface area contributed by atoms with Gasteiger partial charge in [0.15, 0.2) is 6.10 Å². The standard InChI is InChI=1S/C21H20N2O3/c1-14(26-20-11-10-16-6-3-4-7-17(16)12-20)21(25)23-19-9-5-8-18(13-19)22-15(2)24/h3-14H,1-2H3,(H,22,24)(H,23,25)/t14-/m0/s1. The van der Waals surface area contributed by atoms with E-state index in [0.717, 1.165) is 10.8 Å². The average Bonchev–Trinajstić information content (AvgIpc) is 2.61. The topological polar surface area (TPSA) is 67.4 Å². The number of fused-ring (bicyclic) bond motifs is 1. The van der Waals surface area contributed by atoms with Gasteiger partial charge in [0.25, 0.3) is 5.91 Å². The van der Waals surface area contributed by atoms with Crippen LogP contribution in [0.2, 0.25) is 0 Å². The summed E-state index contributed by atoms with van der Waals surface area (Å²) in [6, 6.07) is 20.7. The number of amides is 2. The normalized spacial score (nSPS) is 11.6. The van der Waals surface area contributed by atoms with E-state index >= 15 is 0 Å². The predicted molar refractivity (Wildman–Crippen MR) is 103 cm³/mol. The van der Waals surface area contributed by atoms with Crippen LogP contribution in [0.25, 0.3) is 10.8 Å². The van der Waals surface area contributed by atoms with Crippen molar-refractivity contribution in [3.8, 4) is 5.75 Å². The fraction of sp³-hybridized carbons (Fsp3) is 0.143. The fourth-order valence-corrected chi connectivity index (χ4v) is 2.62. The summed E-state index contributed by atoms with van der Waals surface area (Å²) in [5.41, 5.74) is 1.22. The zero-order chi connectivity index (χ0) is 18.5. The van der Waals surface area contributed by atoms with Gasteiger partial charge in [-0.2, -0.15) is 0 Å². The first kappa shape index (κ1) is 17.5. The molecule has 0 aliphatic rings. The molecular weight excluding hydrogens is 328 g/mol. The summed E-state index contributed by atoms with van der Waals surface area (Å²) >= 11 is 0. The predicted octanol–water partition coefficient (Wildman–Crippen LogP) is 4.20. The molecule has 0 radical (unpaired) electrons. The van der Waals surface area contributed by atoms with E-state index in [9.17, 15) is 9.59 Å². The quantitative estimate of drug-likeness (QED) is 0.726. The highest BCUT2D eigenvalue weighted by Gasteiger charge is 2.15. The second kappa shape index (κ2) is 7.70. The molecule has 3 rings (SSSR count). The minimum Gasteiger partial charge on any atom is -0.481 e. The second-order valence-corrected chi connectivity index (χ2v) is 6.02. The zero-order valence-electron chi connectivity index (χ0n) is 14.7. The summed E-state index contributed by atoms with van der Waals surface area (Å²) in [6.07, 6.45) is -0.666. The largest absolute Gasteiger partial charge is 0.481 e.